The summed E-state index contributed by atoms with van der Waals surface area (Å²) in [7, 11) is 1.69. The van der Waals surface area contributed by atoms with E-state index >= 15 is 0 Å². The molecule has 0 atom stereocenters. The van der Waals surface area contributed by atoms with Crippen LogP contribution in [0.4, 0.5) is 0 Å². The van der Waals surface area contributed by atoms with Gasteiger partial charge < -0.3 is 9.84 Å². The number of phenols is 1. The van der Waals surface area contributed by atoms with Crippen LogP contribution in [-0.2, 0) is 12.8 Å². The second-order valence-electron chi connectivity index (χ2n) is 7.02. The highest BCUT2D eigenvalue weighted by Crippen LogP contribution is 2.36. The minimum Gasteiger partial charge on any atom is -0.508 e. The fourth-order valence-electron chi connectivity index (χ4n) is 3.70. The predicted molar refractivity (Wildman–Crippen MR) is 116 cm³/mol. The minimum atomic E-state index is 0.322. The van der Waals surface area contributed by atoms with Gasteiger partial charge in [-0.1, -0.05) is 42.5 Å². The Labute approximate surface area is 171 Å². The third-order valence-corrected chi connectivity index (χ3v) is 5.17. The summed E-state index contributed by atoms with van der Waals surface area (Å²) in [5, 5.41) is 13.4. The highest BCUT2D eigenvalue weighted by Gasteiger charge is 2.23. The van der Waals surface area contributed by atoms with E-state index in [1.807, 2.05) is 18.2 Å². The molecule has 0 unspecified atom stereocenters. The number of hydrogen-bond acceptors (Lipinski definition) is 3. The molecule has 4 nitrogen and oxygen atoms in total. The van der Waals surface area contributed by atoms with Gasteiger partial charge in [0.25, 0.3) is 0 Å². The fourth-order valence-corrected chi connectivity index (χ4v) is 3.70. The lowest BCUT2D eigenvalue weighted by Crippen LogP contribution is -2.07. The zero-order valence-corrected chi connectivity index (χ0v) is 16.7. The smallest absolute Gasteiger partial charge is 0.119 e. The number of benzene rings is 3. The molecule has 0 fully saturated rings. The van der Waals surface area contributed by atoms with Crippen molar-refractivity contribution in [2.75, 3.05) is 7.11 Å². The molecule has 5 rings (SSSR count). The maximum absolute atomic E-state index is 8.63. The molecule has 1 aliphatic rings. The Bertz CT molecular complexity index is 1100. The highest BCUT2D eigenvalue weighted by atomic mass is 16.5. The number of aryl methyl sites for hydroxylation is 2. The van der Waals surface area contributed by atoms with Crippen molar-refractivity contribution in [2.24, 2.45) is 0 Å². The number of aromatic nitrogens is 2. The van der Waals surface area contributed by atoms with E-state index in [9.17, 15) is 0 Å². The highest BCUT2D eigenvalue weighted by molar-refractivity contribution is 5.72. The molecular formula is C25H24N2O2. The van der Waals surface area contributed by atoms with Crippen molar-refractivity contribution in [1.29, 1.82) is 0 Å². The Morgan fingerprint density at radius 2 is 1.55 bits per heavy atom. The van der Waals surface area contributed by atoms with Gasteiger partial charge in [-0.15, -0.1) is 0 Å². The number of para-hydroxylation sites is 1. The van der Waals surface area contributed by atoms with Crippen LogP contribution in [-0.4, -0.2) is 22.0 Å². The van der Waals surface area contributed by atoms with Gasteiger partial charge in [0.2, 0.25) is 0 Å². The van der Waals surface area contributed by atoms with E-state index in [2.05, 4.69) is 48.0 Å². The van der Waals surface area contributed by atoms with Crippen LogP contribution in [0.3, 0.4) is 0 Å². The summed E-state index contributed by atoms with van der Waals surface area (Å²) in [6, 6.07) is 25.4. The lowest BCUT2D eigenvalue weighted by molar-refractivity contribution is 0.414. The van der Waals surface area contributed by atoms with E-state index in [1.165, 1.54) is 22.4 Å². The molecule has 4 aromatic rings. The first-order chi connectivity index (χ1) is 14.2. The first-order valence-electron chi connectivity index (χ1n) is 9.72. The average Bonchev–Trinajstić information content (AvgIpc) is 3.12. The van der Waals surface area contributed by atoms with E-state index < -0.39 is 0 Å². The molecule has 0 bridgehead atoms. The number of ether oxygens (including phenoxy) is 1. The number of phenolic OH excluding ortho intramolecular Hbond substituents is 1. The van der Waals surface area contributed by atoms with Gasteiger partial charge in [-0.25, -0.2) is 4.68 Å². The number of rotatable bonds is 2. The summed E-state index contributed by atoms with van der Waals surface area (Å²) in [6.45, 7) is 2.10. The van der Waals surface area contributed by atoms with Crippen LogP contribution in [0.5, 0.6) is 11.5 Å². The number of aromatic hydroxyl groups is 1. The second kappa shape index (κ2) is 8.23. The maximum atomic E-state index is 8.63. The summed E-state index contributed by atoms with van der Waals surface area (Å²) in [5.41, 5.74) is 7.52. The van der Waals surface area contributed by atoms with Crippen molar-refractivity contribution in [2.45, 2.75) is 19.8 Å². The van der Waals surface area contributed by atoms with Crippen molar-refractivity contribution in [3.8, 4) is 28.4 Å². The zero-order chi connectivity index (χ0) is 20.2. The first kappa shape index (κ1) is 18.8. The van der Waals surface area contributed by atoms with Crippen LogP contribution in [0.15, 0.2) is 78.9 Å². The average molecular weight is 384 g/mol. The lowest BCUT2D eigenvalue weighted by atomic mass is 9.89. The van der Waals surface area contributed by atoms with Gasteiger partial charge in [0, 0.05) is 11.1 Å². The Kier molecular flexibility index (Phi) is 5.34. The summed E-state index contributed by atoms with van der Waals surface area (Å²) >= 11 is 0. The van der Waals surface area contributed by atoms with Gasteiger partial charge in [0.1, 0.15) is 11.5 Å². The third kappa shape index (κ3) is 3.87. The van der Waals surface area contributed by atoms with Crippen LogP contribution >= 0.6 is 0 Å². The molecule has 1 aromatic heterocycles. The van der Waals surface area contributed by atoms with Gasteiger partial charge in [0.15, 0.2) is 0 Å². The number of hydrogen-bond donors (Lipinski definition) is 1. The van der Waals surface area contributed by atoms with Gasteiger partial charge in [-0.2, -0.15) is 5.10 Å². The molecular weight excluding hydrogens is 360 g/mol. The first-order valence-corrected chi connectivity index (χ1v) is 9.72. The molecule has 0 saturated carbocycles. The van der Waals surface area contributed by atoms with Gasteiger partial charge in [-0.05, 0) is 61.7 Å². The van der Waals surface area contributed by atoms with Gasteiger partial charge in [0.05, 0.1) is 24.2 Å². The van der Waals surface area contributed by atoms with Gasteiger partial charge >= 0.3 is 0 Å². The number of fused-ring (bicyclic) bond motifs is 3. The third-order valence-electron chi connectivity index (χ3n) is 5.17. The number of methoxy groups -OCH3 is 1. The van der Waals surface area contributed by atoms with Crippen LogP contribution in [0.25, 0.3) is 16.9 Å². The molecule has 1 heterocycles. The van der Waals surface area contributed by atoms with E-state index in [4.69, 9.17) is 14.9 Å². The molecule has 3 aromatic carbocycles. The zero-order valence-electron chi connectivity index (χ0n) is 16.7. The lowest BCUT2D eigenvalue weighted by Gasteiger charge is -2.18. The number of nitrogens with zero attached hydrogens (tertiary/aromatic N) is 2. The Balaban J connectivity index is 0.000000249. The molecule has 146 valence electrons. The molecule has 0 saturated heterocycles. The van der Waals surface area contributed by atoms with Crippen LogP contribution < -0.4 is 4.74 Å². The van der Waals surface area contributed by atoms with E-state index in [1.54, 1.807) is 31.4 Å². The summed E-state index contributed by atoms with van der Waals surface area (Å²) in [6.07, 6.45) is 2.16. The minimum absolute atomic E-state index is 0.322. The molecule has 4 heteroatoms. The monoisotopic (exact) mass is 384 g/mol. The van der Waals surface area contributed by atoms with Crippen LogP contribution in [0.1, 0.15) is 16.8 Å². The van der Waals surface area contributed by atoms with E-state index in [0.29, 0.717) is 5.75 Å². The molecule has 0 radical (unpaired) electrons. The van der Waals surface area contributed by atoms with Crippen LogP contribution in [0.2, 0.25) is 0 Å². The summed E-state index contributed by atoms with van der Waals surface area (Å²) < 4.78 is 7.32. The Hall–Kier alpha value is -3.53. The SMILES string of the molecule is COc1ccc(-n2nc(C)c3c2-c2ccccc2CC3)cc1.Oc1ccccc1. The standard InChI is InChI=1S/C19H18N2O.C6H6O/c1-13-17-12-7-14-5-3-4-6-18(14)19(17)21(20-13)15-8-10-16(22-2)11-9-15;7-6-4-2-1-3-5-6/h3-6,8-11H,7,12H2,1-2H3;1-5,7H. The Morgan fingerprint density at radius 1 is 0.862 bits per heavy atom. The van der Waals surface area contributed by atoms with Crippen molar-refractivity contribution >= 4 is 0 Å². The molecule has 1 aliphatic carbocycles. The molecule has 0 spiro atoms. The molecule has 0 aliphatic heterocycles. The maximum Gasteiger partial charge on any atom is 0.119 e. The summed E-state index contributed by atoms with van der Waals surface area (Å²) in [5.74, 6) is 1.18. The molecule has 29 heavy (non-hydrogen) atoms. The normalized spacial score (nSPS) is 11.7. The van der Waals surface area contributed by atoms with Crippen molar-refractivity contribution in [1.82, 2.24) is 9.78 Å². The molecule has 0 amide bonds. The van der Waals surface area contributed by atoms with Gasteiger partial charge in [-0.3, -0.25) is 0 Å². The van der Waals surface area contributed by atoms with Crippen molar-refractivity contribution < 1.29 is 9.84 Å². The fraction of sp³-hybridized carbons (Fsp3) is 0.160. The second-order valence-corrected chi connectivity index (χ2v) is 7.02. The Morgan fingerprint density at radius 3 is 2.21 bits per heavy atom. The quantitative estimate of drug-likeness (QED) is 0.507. The topological polar surface area (TPSA) is 47.3 Å². The van der Waals surface area contributed by atoms with E-state index in [-0.39, 0.29) is 0 Å². The summed E-state index contributed by atoms with van der Waals surface area (Å²) in [4.78, 5) is 0. The van der Waals surface area contributed by atoms with Crippen molar-refractivity contribution in [3.05, 3.63) is 95.7 Å². The van der Waals surface area contributed by atoms with Crippen molar-refractivity contribution in [3.63, 3.8) is 0 Å². The van der Waals surface area contributed by atoms with E-state index in [0.717, 1.165) is 30.0 Å². The predicted octanol–water partition coefficient (Wildman–Crippen LogP) is 5.35. The molecule has 1 N–H and O–H groups in total. The van der Waals surface area contributed by atoms with Crippen LogP contribution in [0, 0.1) is 6.92 Å². The largest absolute Gasteiger partial charge is 0.508 e.